The third kappa shape index (κ3) is 4.97. The number of carbonyl (C=O) groups excluding carboxylic acids is 1. The van der Waals surface area contributed by atoms with E-state index in [9.17, 15) is 13.2 Å². The largest absolute Gasteiger partial charge is 0.491 e. The minimum Gasteiger partial charge on any atom is -0.491 e. The second-order valence-electron chi connectivity index (χ2n) is 7.46. The third-order valence-corrected chi connectivity index (χ3v) is 7.16. The molecule has 0 saturated carbocycles. The molecule has 2 aromatic carbocycles. The number of sulfonamides is 1. The van der Waals surface area contributed by atoms with Gasteiger partial charge in [0.25, 0.3) is 5.91 Å². The normalized spacial score (nSPS) is 14.7. The van der Waals surface area contributed by atoms with Crippen molar-refractivity contribution in [3.05, 3.63) is 58.7 Å². The molecule has 0 radical (unpaired) electrons. The van der Waals surface area contributed by atoms with E-state index in [4.69, 9.17) is 4.74 Å². The predicted molar refractivity (Wildman–Crippen MR) is 113 cm³/mol. The zero-order chi connectivity index (χ0) is 21.0. The Balaban J connectivity index is 1.63. The first kappa shape index (κ1) is 21.3. The molecule has 0 spiro atoms. The Labute approximate surface area is 172 Å². The van der Waals surface area contributed by atoms with Crippen LogP contribution in [0.25, 0.3) is 0 Å². The topological polar surface area (TPSA) is 75.7 Å². The summed E-state index contributed by atoms with van der Waals surface area (Å²) in [6, 6.07) is 10.8. The van der Waals surface area contributed by atoms with Crippen LogP contribution in [-0.4, -0.2) is 44.9 Å². The summed E-state index contributed by atoms with van der Waals surface area (Å²) in [6.07, 6.45) is 1.75. The molecule has 3 rings (SSSR count). The molecule has 1 saturated heterocycles. The van der Waals surface area contributed by atoms with Crippen molar-refractivity contribution in [3.8, 4) is 5.75 Å². The average Bonchev–Trinajstić information content (AvgIpc) is 3.23. The van der Waals surface area contributed by atoms with Crippen LogP contribution in [0.15, 0.2) is 41.3 Å². The highest BCUT2D eigenvalue weighted by atomic mass is 32.2. The van der Waals surface area contributed by atoms with Crippen molar-refractivity contribution in [2.75, 3.05) is 26.2 Å². The van der Waals surface area contributed by atoms with E-state index >= 15 is 0 Å². The summed E-state index contributed by atoms with van der Waals surface area (Å²) in [5.74, 6) is 0.487. The van der Waals surface area contributed by atoms with Gasteiger partial charge in [-0.1, -0.05) is 18.2 Å². The summed E-state index contributed by atoms with van der Waals surface area (Å²) in [5.41, 5.74) is 3.13. The number of aryl methyl sites for hydroxylation is 3. The van der Waals surface area contributed by atoms with Gasteiger partial charge in [-0.05, 0) is 68.5 Å². The minimum atomic E-state index is -3.57. The predicted octanol–water partition coefficient (Wildman–Crippen LogP) is 3.21. The van der Waals surface area contributed by atoms with E-state index in [2.05, 4.69) is 5.32 Å². The van der Waals surface area contributed by atoms with E-state index in [1.54, 1.807) is 19.1 Å². The van der Waals surface area contributed by atoms with Gasteiger partial charge in [0.15, 0.2) is 0 Å². The van der Waals surface area contributed by atoms with Crippen molar-refractivity contribution >= 4 is 15.9 Å². The van der Waals surface area contributed by atoms with Gasteiger partial charge in [-0.2, -0.15) is 4.31 Å². The Hall–Kier alpha value is -2.38. The van der Waals surface area contributed by atoms with E-state index in [1.807, 2.05) is 32.0 Å². The lowest BCUT2D eigenvalue weighted by molar-refractivity contribution is 0.0946. The standard InChI is InChI=1S/C22H28N2O4S/c1-16-6-7-17(2)20(14-16)28-13-10-23-22(25)19-9-8-18(3)21(15-19)29(26,27)24-11-4-5-12-24/h6-9,14-15H,4-5,10-13H2,1-3H3,(H,23,25). The monoisotopic (exact) mass is 416 g/mol. The molecule has 1 heterocycles. The van der Waals surface area contributed by atoms with Gasteiger partial charge in [0.2, 0.25) is 10.0 Å². The summed E-state index contributed by atoms with van der Waals surface area (Å²) in [5, 5.41) is 2.80. The fourth-order valence-corrected chi connectivity index (χ4v) is 5.15. The van der Waals surface area contributed by atoms with Crippen molar-refractivity contribution in [1.29, 1.82) is 0 Å². The van der Waals surface area contributed by atoms with E-state index < -0.39 is 10.0 Å². The quantitative estimate of drug-likeness (QED) is 0.704. The first-order valence-corrected chi connectivity index (χ1v) is 11.3. The Kier molecular flexibility index (Phi) is 6.59. The number of benzene rings is 2. The molecule has 1 fully saturated rings. The van der Waals surface area contributed by atoms with Gasteiger partial charge < -0.3 is 10.1 Å². The molecule has 1 N–H and O–H groups in total. The van der Waals surface area contributed by atoms with Crippen LogP contribution in [0, 0.1) is 20.8 Å². The van der Waals surface area contributed by atoms with Gasteiger partial charge in [-0.3, -0.25) is 4.79 Å². The van der Waals surface area contributed by atoms with Crippen molar-refractivity contribution in [3.63, 3.8) is 0 Å². The zero-order valence-corrected chi connectivity index (χ0v) is 18.0. The number of ether oxygens (including phenoxy) is 1. The van der Waals surface area contributed by atoms with Crippen molar-refractivity contribution in [1.82, 2.24) is 9.62 Å². The molecule has 1 aliphatic rings. The molecule has 1 amide bonds. The summed E-state index contributed by atoms with van der Waals surface area (Å²) in [7, 11) is -3.57. The second kappa shape index (κ2) is 8.97. The van der Waals surface area contributed by atoms with E-state index in [0.29, 0.717) is 37.4 Å². The summed E-state index contributed by atoms with van der Waals surface area (Å²) in [6.45, 7) is 7.46. The van der Waals surface area contributed by atoms with Crippen LogP contribution in [0.5, 0.6) is 5.75 Å². The Bertz CT molecular complexity index is 996. The van der Waals surface area contributed by atoms with Gasteiger partial charge in [-0.15, -0.1) is 0 Å². The SMILES string of the molecule is Cc1ccc(C)c(OCCNC(=O)c2ccc(C)c(S(=O)(=O)N3CCCC3)c2)c1. The number of hydrogen-bond donors (Lipinski definition) is 1. The maximum Gasteiger partial charge on any atom is 0.251 e. The van der Waals surface area contributed by atoms with E-state index in [-0.39, 0.29) is 10.8 Å². The van der Waals surface area contributed by atoms with Crippen LogP contribution < -0.4 is 10.1 Å². The molecule has 29 heavy (non-hydrogen) atoms. The number of nitrogens with one attached hydrogen (secondary N) is 1. The van der Waals surface area contributed by atoms with E-state index in [1.165, 1.54) is 10.4 Å². The Morgan fingerprint density at radius 1 is 1.03 bits per heavy atom. The smallest absolute Gasteiger partial charge is 0.251 e. The lowest BCUT2D eigenvalue weighted by Gasteiger charge is -2.18. The van der Waals surface area contributed by atoms with Crippen LogP contribution in [0.1, 0.15) is 39.9 Å². The molecule has 2 aromatic rings. The highest BCUT2D eigenvalue weighted by Gasteiger charge is 2.29. The highest BCUT2D eigenvalue weighted by molar-refractivity contribution is 7.89. The number of nitrogens with zero attached hydrogens (tertiary/aromatic N) is 1. The lowest BCUT2D eigenvalue weighted by Crippen LogP contribution is -2.30. The van der Waals surface area contributed by atoms with Crippen LogP contribution in [-0.2, 0) is 10.0 Å². The third-order valence-electron chi connectivity index (χ3n) is 5.12. The van der Waals surface area contributed by atoms with Gasteiger partial charge in [0.1, 0.15) is 12.4 Å². The molecular formula is C22H28N2O4S. The molecule has 1 aliphatic heterocycles. The van der Waals surface area contributed by atoms with E-state index in [0.717, 1.165) is 29.7 Å². The molecular weight excluding hydrogens is 388 g/mol. The first-order valence-electron chi connectivity index (χ1n) is 9.88. The molecule has 7 heteroatoms. The molecule has 156 valence electrons. The number of carbonyl (C=O) groups is 1. The lowest BCUT2D eigenvalue weighted by atomic mass is 10.1. The van der Waals surface area contributed by atoms with Crippen molar-refractivity contribution in [2.45, 2.75) is 38.5 Å². The molecule has 0 bridgehead atoms. The van der Waals surface area contributed by atoms with Crippen LogP contribution in [0.3, 0.4) is 0 Å². The molecule has 0 aromatic heterocycles. The van der Waals surface area contributed by atoms with Crippen LogP contribution in [0.4, 0.5) is 0 Å². The molecule has 6 nitrogen and oxygen atoms in total. The number of amides is 1. The maximum absolute atomic E-state index is 12.9. The maximum atomic E-state index is 12.9. The van der Waals surface area contributed by atoms with Crippen LogP contribution >= 0.6 is 0 Å². The van der Waals surface area contributed by atoms with Crippen molar-refractivity contribution < 1.29 is 17.9 Å². The molecule has 0 unspecified atom stereocenters. The fraction of sp³-hybridized carbons (Fsp3) is 0.409. The minimum absolute atomic E-state index is 0.207. The second-order valence-corrected chi connectivity index (χ2v) is 9.37. The fourth-order valence-electron chi connectivity index (χ4n) is 3.38. The zero-order valence-electron chi connectivity index (χ0n) is 17.2. The van der Waals surface area contributed by atoms with Gasteiger partial charge in [0.05, 0.1) is 11.4 Å². The number of hydrogen-bond acceptors (Lipinski definition) is 4. The van der Waals surface area contributed by atoms with Gasteiger partial charge >= 0.3 is 0 Å². The molecule has 0 atom stereocenters. The van der Waals surface area contributed by atoms with Gasteiger partial charge in [0, 0.05) is 18.7 Å². The number of rotatable bonds is 7. The summed E-state index contributed by atoms with van der Waals surface area (Å²) >= 11 is 0. The van der Waals surface area contributed by atoms with Gasteiger partial charge in [-0.25, -0.2) is 8.42 Å². The Morgan fingerprint density at radius 3 is 2.45 bits per heavy atom. The summed E-state index contributed by atoms with van der Waals surface area (Å²) < 4.78 is 33.0. The summed E-state index contributed by atoms with van der Waals surface area (Å²) in [4.78, 5) is 12.7. The first-order chi connectivity index (χ1) is 13.8. The average molecular weight is 417 g/mol. The Morgan fingerprint density at radius 2 is 1.72 bits per heavy atom. The highest BCUT2D eigenvalue weighted by Crippen LogP contribution is 2.24. The van der Waals surface area contributed by atoms with Crippen LogP contribution in [0.2, 0.25) is 0 Å². The molecule has 0 aliphatic carbocycles. The van der Waals surface area contributed by atoms with Crippen molar-refractivity contribution in [2.24, 2.45) is 0 Å².